The van der Waals surface area contributed by atoms with Gasteiger partial charge in [-0.1, -0.05) is 0 Å². The molecule has 1 N–H and O–H groups in total. The highest BCUT2D eigenvalue weighted by atomic mass is 16.5. The van der Waals surface area contributed by atoms with Gasteiger partial charge >= 0.3 is 0 Å². The van der Waals surface area contributed by atoms with Crippen LogP contribution in [0.3, 0.4) is 0 Å². The number of benzene rings is 1. The number of carbonyl (C=O) groups is 1. The van der Waals surface area contributed by atoms with Crippen molar-refractivity contribution in [2.75, 3.05) is 26.6 Å². The number of aromatic nitrogens is 4. The van der Waals surface area contributed by atoms with Crippen LogP contribution in [0.25, 0.3) is 11.4 Å². The summed E-state index contributed by atoms with van der Waals surface area (Å²) in [6.45, 7) is 0. The number of rotatable bonds is 5. The number of Topliss-reactive ketones (excluding diaryl/α,β-unsaturated/α-hetero) is 1. The number of fused-ring (bicyclic) bond motifs is 1. The largest absolute Gasteiger partial charge is 0.493 e. The maximum absolute atomic E-state index is 12.9. The van der Waals surface area contributed by atoms with Crippen molar-refractivity contribution in [3.8, 4) is 28.6 Å². The summed E-state index contributed by atoms with van der Waals surface area (Å²) >= 11 is 0. The molecule has 1 aliphatic carbocycles. The lowest BCUT2D eigenvalue weighted by atomic mass is 9.86. The minimum Gasteiger partial charge on any atom is -0.493 e. The fourth-order valence-corrected chi connectivity index (χ4v) is 4.34. The van der Waals surface area contributed by atoms with Crippen molar-refractivity contribution < 1.29 is 19.0 Å². The lowest BCUT2D eigenvalue weighted by Gasteiger charge is -2.32. The Kier molecular flexibility index (Phi) is 5.01. The molecule has 0 fully saturated rings. The second-order valence-electron chi connectivity index (χ2n) is 7.59. The van der Waals surface area contributed by atoms with E-state index < -0.39 is 0 Å². The first-order valence-electron chi connectivity index (χ1n) is 10.3. The van der Waals surface area contributed by atoms with E-state index in [1.807, 2.05) is 24.3 Å². The highest BCUT2D eigenvalue weighted by Gasteiger charge is 2.37. The summed E-state index contributed by atoms with van der Waals surface area (Å²) in [5.41, 5.74) is 3.31. The zero-order valence-electron chi connectivity index (χ0n) is 18.1. The van der Waals surface area contributed by atoms with Gasteiger partial charge in [0.05, 0.1) is 21.3 Å². The van der Waals surface area contributed by atoms with Crippen LogP contribution in [0.2, 0.25) is 0 Å². The van der Waals surface area contributed by atoms with E-state index in [0.717, 1.165) is 29.7 Å². The van der Waals surface area contributed by atoms with Crippen LogP contribution in [-0.4, -0.2) is 46.9 Å². The van der Waals surface area contributed by atoms with Crippen molar-refractivity contribution in [1.29, 1.82) is 0 Å². The van der Waals surface area contributed by atoms with Crippen LogP contribution in [0.5, 0.6) is 17.2 Å². The summed E-state index contributed by atoms with van der Waals surface area (Å²) in [7, 11) is 4.69. The van der Waals surface area contributed by atoms with Crippen LogP contribution in [0.15, 0.2) is 47.9 Å². The van der Waals surface area contributed by atoms with E-state index in [1.165, 1.54) is 0 Å². The van der Waals surface area contributed by atoms with Gasteiger partial charge in [-0.05, 0) is 42.7 Å². The predicted molar refractivity (Wildman–Crippen MR) is 117 cm³/mol. The molecule has 2 aliphatic rings. The second kappa shape index (κ2) is 7.99. The molecule has 0 saturated heterocycles. The number of nitrogens with one attached hydrogen (secondary N) is 1. The van der Waals surface area contributed by atoms with Crippen molar-refractivity contribution in [2.24, 2.45) is 0 Å². The molecule has 9 heteroatoms. The number of hydrogen-bond donors (Lipinski definition) is 1. The van der Waals surface area contributed by atoms with Gasteiger partial charge in [0, 0.05) is 35.6 Å². The zero-order valence-corrected chi connectivity index (χ0v) is 18.1. The smallest absolute Gasteiger partial charge is 0.226 e. The summed E-state index contributed by atoms with van der Waals surface area (Å²) < 4.78 is 18.2. The van der Waals surface area contributed by atoms with Gasteiger partial charge in [-0.25, -0.2) is 4.68 Å². The summed E-state index contributed by atoms with van der Waals surface area (Å²) in [5, 5.41) is 8.14. The van der Waals surface area contributed by atoms with Gasteiger partial charge in [-0.15, -0.1) is 5.10 Å². The maximum atomic E-state index is 12.9. The lowest BCUT2D eigenvalue weighted by molar-refractivity contribution is -0.116. The first-order chi connectivity index (χ1) is 15.6. The highest BCUT2D eigenvalue weighted by molar-refractivity contribution is 5.99. The Bertz CT molecular complexity index is 1190. The van der Waals surface area contributed by atoms with Crippen LogP contribution < -0.4 is 19.5 Å². The van der Waals surface area contributed by atoms with Crippen LogP contribution in [-0.2, 0) is 4.79 Å². The molecule has 3 aromatic rings. The third-order valence-corrected chi connectivity index (χ3v) is 5.81. The van der Waals surface area contributed by atoms with Gasteiger partial charge in [-0.2, -0.15) is 4.98 Å². The monoisotopic (exact) mass is 433 g/mol. The molecule has 9 nitrogen and oxygen atoms in total. The number of ether oxygens (including phenoxy) is 3. The van der Waals surface area contributed by atoms with E-state index in [2.05, 4.69) is 10.3 Å². The molecule has 3 heterocycles. The number of allylic oxidation sites excluding steroid dienone is 2. The van der Waals surface area contributed by atoms with Crippen molar-refractivity contribution >= 4 is 11.7 Å². The molecule has 5 rings (SSSR count). The van der Waals surface area contributed by atoms with Crippen molar-refractivity contribution in [2.45, 2.75) is 25.3 Å². The molecule has 0 spiro atoms. The zero-order chi connectivity index (χ0) is 22.2. The number of ketones is 1. The van der Waals surface area contributed by atoms with E-state index in [1.54, 1.807) is 38.4 Å². The Labute approximate surface area is 185 Å². The summed E-state index contributed by atoms with van der Waals surface area (Å²) in [6.07, 6.45) is 5.60. The second-order valence-corrected chi connectivity index (χ2v) is 7.59. The Morgan fingerprint density at radius 3 is 2.41 bits per heavy atom. The number of carbonyl (C=O) groups excluding carboxylic acids is 1. The quantitative estimate of drug-likeness (QED) is 0.654. The average Bonchev–Trinajstić information content (AvgIpc) is 3.26. The van der Waals surface area contributed by atoms with E-state index >= 15 is 0 Å². The van der Waals surface area contributed by atoms with Crippen molar-refractivity contribution in [1.82, 2.24) is 19.7 Å². The van der Waals surface area contributed by atoms with Crippen molar-refractivity contribution in [3.05, 3.63) is 53.5 Å². The highest BCUT2D eigenvalue weighted by Crippen LogP contribution is 2.43. The molecule has 0 unspecified atom stereocenters. The molecule has 0 bridgehead atoms. The Morgan fingerprint density at radius 2 is 1.75 bits per heavy atom. The predicted octanol–water partition coefficient (Wildman–Crippen LogP) is 3.39. The standard InChI is InChI=1S/C23H23N5O4/c1-30-17-11-14(12-18(31-2)21(17)32-3)22-26-23-25-15-5-4-6-16(29)19(15)20(28(23)27-22)13-7-9-24-10-8-13/h7-12,20H,4-6H2,1-3H3,(H,25,26,27)/t20-/m0/s1. The Morgan fingerprint density at radius 1 is 1.03 bits per heavy atom. The van der Waals surface area contributed by atoms with Gasteiger partial charge in [0.15, 0.2) is 23.1 Å². The number of hydrogen-bond acceptors (Lipinski definition) is 8. The lowest BCUT2D eigenvalue weighted by Crippen LogP contribution is -2.31. The molecule has 0 saturated carbocycles. The minimum atomic E-state index is -0.361. The van der Waals surface area contributed by atoms with Gasteiger partial charge in [0.25, 0.3) is 0 Å². The molecule has 0 radical (unpaired) electrons. The summed E-state index contributed by atoms with van der Waals surface area (Å²) in [6, 6.07) is 7.08. The fourth-order valence-electron chi connectivity index (χ4n) is 4.34. The molecule has 1 aliphatic heterocycles. The van der Waals surface area contributed by atoms with Crippen molar-refractivity contribution in [3.63, 3.8) is 0 Å². The first kappa shape index (κ1) is 20.0. The maximum Gasteiger partial charge on any atom is 0.226 e. The summed E-state index contributed by atoms with van der Waals surface area (Å²) in [4.78, 5) is 21.8. The number of anilines is 1. The fraction of sp³-hybridized carbons (Fsp3) is 0.304. The minimum absolute atomic E-state index is 0.135. The SMILES string of the molecule is COc1cc(-c2nc3n(n2)[C@@H](c2ccncc2)C2=C(CCCC2=O)N3)cc(OC)c1OC. The molecule has 1 atom stereocenters. The van der Waals surface area contributed by atoms with Crippen LogP contribution in [0.4, 0.5) is 5.95 Å². The van der Waals surface area contributed by atoms with Crippen LogP contribution in [0.1, 0.15) is 30.9 Å². The van der Waals surface area contributed by atoms with Gasteiger partial charge in [-0.3, -0.25) is 9.78 Å². The van der Waals surface area contributed by atoms with Crippen LogP contribution >= 0.6 is 0 Å². The van der Waals surface area contributed by atoms with E-state index in [-0.39, 0.29) is 11.8 Å². The van der Waals surface area contributed by atoms with E-state index in [9.17, 15) is 4.79 Å². The van der Waals surface area contributed by atoms with Gasteiger partial charge in [0.1, 0.15) is 6.04 Å². The Balaban J connectivity index is 1.66. The molecular formula is C23H23N5O4. The van der Waals surface area contributed by atoms with E-state index in [0.29, 0.717) is 41.0 Å². The number of pyridine rings is 1. The van der Waals surface area contributed by atoms with Gasteiger partial charge in [0.2, 0.25) is 11.7 Å². The average molecular weight is 433 g/mol. The third kappa shape index (κ3) is 3.17. The molecule has 0 amide bonds. The molecule has 1 aromatic carbocycles. The van der Waals surface area contributed by atoms with Gasteiger partial charge < -0.3 is 19.5 Å². The van der Waals surface area contributed by atoms with E-state index in [4.69, 9.17) is 24.3 Å². The Hall–Kier alpha value is -3.88. The molecular weight excluding hydrogens is 410 g/mol. The number of methoxy groups -OCH3 is 3. The normalized spacial score (nSPS) is 17.3. The third-order valence-electron chi connectivity index (χ3n) is 5.81. The molecule has 164 valence electrons. The summed E-state index contributed by atoms with van der Waals surface area (Å²) in [5.74, 6) is 2.73. The first-order valence-corrected chi connectivity index (χ1v) is 10.3. The number of nitrogens with zero attached hydrogens (tertiary/aromatic N) is 4. The van der Waals surface area contributed by atoms with Crippen LogP contribution in [0, 0.1) is 0 Å². The molecule has 2 aromatic heterocycles. The molecule has 32 heavy (non-hydrogen) atoms. The topological polar surface area (TPSA) is 100 Å².